The van der Waals surface area contributed by atoms with Crippen molar-refractivity contribution in [1.82, 2.24) is 25.4 Å². The van der Waals surface area contributed by atoms with Crippen molar-refractivity contribution in [1.29, 1.82) is 0 Å². The number of aromatic nitrogens is 3. The quantitative estimate of drug-likeness (QED) is 0.584. The van der Waals surface area contributed by atoms with Gasteiger partial charge in [-0.3, -0.25) is 14.7 Å². The van der Waals surface area contributed by atoms with Crippen LogP contribution in [0.25, 0.3) is 0 Å². The Morgan fingerprint density at radius 3 is 2.67 bits per heavy atom. The van der Waals surface area contributed by atoms with Crippen LogP contribution in [0.4, 0.5) is 0 Å². The average Bonchev–Trinajstić information content (AvgIpc) is 2.99. The Labute approximate surface area is 168 Å². The fourth-order valence-electron chi connectivity index (χ4n) is 2.67. The highest BCUT2D eigenvalue weighted by atomic mass is 35.5. The van der Waals surface area contributed by atoms with Crippen molar-refractivity contribution < 1.29 is 9.59 Å². The number of carbonyl (C=O) groups excluding carboxylic acids is 2. The Balaban J connectivity index is 1.97. The van der Waals surface area contributed by atoms with Crippen LogP contribution in [0.3, 0.4) is 0 Å². The largest absolute Gasteiger partial charge is 0.354 e. The Bertz CT molecular complexity index is 861. The molecule has 1 heterocycles. The number of benzene rings is 1. The first-order chi connectivity index (χ1) is 12.8. The maximum Gasteiger partial charge on any atom is 0.253 e. The summed E-state index contributed by atoms with van der Waals surface area (Å²) in [6.07, 6.45) is 0.538. The Morgan fingerprint density at radius 1 is 1.33 bits per heavy atom. The molecule has 1 aromatic carbocycles. The molecule has 1 atom stereocenters. The molecule has 2 aromatic rings. The summed E-state index contributed by atoms with van der Waals surface area (Å²) in [5.74, 6) is 0.0783. The van der Waals surface area contributed by atoms with Crippen molar-refractivity contribution in [2.75, 3.05) is 6.54 Å². The van der Waals surface area contributed by atoms with Gasteiger partial charge in [-0.1, -0.05) is 37.6 Å². The van der Waals surface area contributed by atoms with Gasteiger partial charge in [0.05, 0.1) is 10.6 Å². The second-order valence-electron chi connectivity index (χ2n) is 6.41. The fourth-order valence-corrected chi connectivity index (χ4v) is 3.18. The first-order valence-corrected chi connectivity index (χ1v) is 9.61. The molecule has 0 saturated carbocycles. The molecule has 1 aromatic heterocycles. The van der Waals surface area contributed by atoms with E-state index in [0.29, 0.717) is 34.9 Å². The highest BCUT2D eigenvalue weighted by Gasteiger charge is 2.25. The minimum atomic E-state index is -0.666. The van der Waals surface area contributed by atoms with Gasteiger partial charge in [0, 0.05) is 19.5 Å². The Morgan fingerprint density at radius 2 is 2.04 bits per heavy atom. The summed E-state index contributed by atoms with van der Waals surface area (Å²) in [4.78, 5) is 25.0. The highest BCUT2D eigenvalue weighted by Crippen LogP contribution is 2.15. The number of hydrogen-bond donors (Lipinski definition) is 3. The maximum atomic E-state index is 12.6. The van der Waals surface area contributed by atoms with Crippen LogP contribution in [0.1, 0.15) is 37.0 Å². The second-order valence-corrected chi connectivity index (χ2v) is 7.20. The number of halogens is 1. The fraction of sp³-hybridized carbons (Fsp3) is 0.444. The number of rotatable bonds is 8. The van der Waals surface area contributed by atoms with Crippen LogP contribution in [0, 0.1) is 10.7 Å². The van der Waals surface area contributed by atoms with Gasteiger partial charge >= 0.3 is 0 Å². The maximum absolute atomic E-state index is 12.6. The van der Waals surface area contributed by atoms with Gasteiger partial charge in [-0.05, 0) is 37.2 Å². The van der Waals surface area contributed by atoms with Crippen molar-refractivity contribution in [3.8, 4) is 0 Å². The van der Waals surface area contributed by atoms with Gasteiger partial charge < -0.3 is 15.2 Å². The van der Waals surface area contributed by atoms with E-state index in [1.807, 2.05) is 25.3 Å². The van der Waals surface area contributed by atoms with Crippen molar-refractivity contribution >= 4 is 35.6 Å². The van der Waals surface area contributed by atoms with E-state index in [-0.39, 0.29) is 17.7 Å². The van der Waals surface area contributed by atoms with E-state index >= 15 is 0 Å². The SMILES string of the molecule is CCn1c(CCNC(=O)C(NC(=O)c2ccccc2Cl)C(C)C)n[nH]c1=S. The van der Waals surface area contributed by atoms with E-state index in [4.69, 9.17) is 23.8 Å². The lowest BCUT2D eigenvalue weighted by atomic mass is 10.0. The van der Waals surface area contributed by atoms with Gasteiger partial charge in [0.15, 0.2) is 4.77 Å². The molecule has 9 heteroatoms. The summed E-state index contributed by atoms with van der Waals surface area (Å²) in [6, 6.07) is 6.07. The predicted octanol–water partition coefficient (Wildman–Crippen LogP) is 2.73. The lowest BCUT2D eigenvalue weighted by molar-refractivity contribution is -0.123. The van der Waals surface area contributed by atoms with Crippen LogP contribution in [0.5, 0.6) is 0 Å². The summed E-state index contributed by atoms with van der Waals surface area (Å²) < 4.78 is 2.44. The van der Waals surface area contributed by atoms with Crippen LogP contribution in [0.15, 0.2) is 24.3 Å². The van der Waals surface area contributed by atoms with Gasteiger partial charge in [0.25, 0.3) is 5.91 Å². The van der Waals surface area contributed by atoms with Crippen LogP contribution < -0.4 is 10.6 Å². The normalized spacial score (nSPS) is 12.0. The topological polar surface area (TPSA) is 91.8 Å². The molecular weight excluding hydrogens is 386 g/mol. The molecule has 0 aliphatic rings. The third-order valence-corrected chi connectivity index (χ3v) is 4.80. The summed E-state index contributed by atoms with van der Waals surface area (Å²) in [6.45, 7) is 6.83. The number of nitrogens with one attached hydrogen (secondary N) is 3. The van der Waals surface area contributed by atoms with Crippen LogP contribution in [-0.4, -0.2) is 39.2 Å². The lowest BCUT2D eigenvalue weighted by Gasteiger charge is -2.22. The molecule has 1 unspecified atom stereocenters. The van der Waals surface area contributed by atoms with E-state index in [9.17, 15) is 9.59 Å². The first-order valence-electron chi connectivity index (χ1n) is 8.82. The third-order valence-electron chi connectivity index (χ3n) is 4.16. The zero-order valence-electron chi connectivity index (χ0n) is 15.6. The minimum absolute atomic E-state index is 0.0818. The summed E-state index contributed by atoms with van der Waals surface area (Å²) in [5, 5.41) is 12.9. The third kappa shape index (κ3) is 5.40. The van der Waals surface area contributed by atoms with Crippen molar-refractivity contribution in [3.05, 3.63) is 45.4 Å². The number of aromatic amines is 1. The first kappa shape index (κ1) is 21.1. The molecule has 0 fully saturated rings. The smallest absolute Gasteiger partial charge is 0.253 e. The number of H-pyrrole nitrogens is 1. The molecule has 146 valence electrons. The molecule has 2 rings (SSSR count). The second kappa shape index (κ2) is 9.66. The van der Waals surface area contributed by atoms with Crippen molar-refractivity contribution in [3.63, 3.8) is 0 Å². The number of nitrogens with zero attached hydrogens (tertiary/aromatic N) is 2. The van der Waals surface area contributed by atoms with Crippen LogP contribution >= 0.6 is 23.8 Å². The zero-order valence-corrected chi connectivity index (χ0v) is 17.2. The van der Waals surface area contributed by atoms with Crippen molar-refractivity contribution in [2.24, 2.45) is 5.92 Å². The van der Waals surface area contributed by atoms with Gasteiger partial charge in [-0.25, -0.2) is 0 Å². The Kier molecular flexibility index (Phi) is 7.55. The molecule has 7 nitrogen and oxygen atoms in total. The van der Waals surface area contributed by atoms with E-state index in [1.165, 1.54) is 0 Å². The molecule has 0 saturated heterocycles. The van der Waals surface area contributed by atoms with E-state index in [2.05, 4.69) is 20.8 Å². The summed E-state index contributed by atoms with van der Waals surface area (Å²) in [5.41, 5.74) is 0.344. The van der Waals surface area contributed by atoms with Gasteiger partial charge in [-0.2, -0.15) is 5.10 Å². The summed E-state index contributed by atoms with van der Waals surface area (Å²) >= 11 is 11.2. The number of hydrogen-bond acceptors (Lipinski definition) is 4. The minimum Gasteiger partial charge on any atom is -0.354 e. The van der Waals surface area contributed by atoms with Gasteiger partial charge in [-0.15, -0.1) is 0 Å². The van der Waals surface area contributed by atoms with Crippen LogP contribution in [-0.2, 0) is 17.8 Å². The van der Waals surface area contributed by atoms with E-state index in [0.717, 1.165) is 5.82 Å². The Hall–Kier alpha value is -2.19. The van der Waals surface area contributed by atoms with E-state index < -0.39 is 6.04 Å². The standard InChI is InChI=1S/C18H24ClN5O2S/c1-4-24-14(22-23-18(24)27)9-10-20-17(26)15(11(2)3)21-16(25)12-7-5-6-8-13(12)19/h5-8,11,15H,4,9-10H2,1-3H3,(H,20,26)(H,21,25)(H,23,27). The monoisotopic (exact) mass is 409 g/mol. The summed E-state index contributed by atoms with van der Waals surface area (Å²) in [7, 11) is 0. The number of amides is 2. The molecule has 0 spiro atoms. The van der Waals surface area contributed by atoms with Gasteiger partial charge in [0.2, 0.25) is 5.91 Å². The average molecular weight is 410 g/mol. The zero-order chi connectivity index (χ0) is 20.0. The molecule has 0 bridgehead atoms. The molecule has 0 aliphatic heterocycles. The van der Waals surface area contributed by atoms with E-state index in [1.54, 1.807) is 24.3 Å². The lowest BCUT2D eigenvalue weighted by Crippen LogP contribution is -2.50. The van der Waals surface area contributed by atoms with Crippen molar-refractivity contribution in [2.45, 2.75) is 39.8 Å². The van der Waals surface area contributed by atoms with Crippen LogP contribution in [0.2, 0.25) is 5.02 Å². The molecule has 0 radical (unpaired) electrons. The molecular formula is C18H24ClN5O2S. The molecule has 3 N–H and O–H groups in total. The predicted molar refractivity (Wildman–Crippen MR) is 107 cm³/mol. The molecule has 0 aliphatic carbocycles. The van der Waals surface area contributed by atoms with Gasteiger partial charge in [0.1, 0.15) is 11.9 Å². The molecule has 27 heavy (non-hydrogen) atoms. The number of carbonyl (C=O) groups is 2. The molecule has 2 amide bonds. The highest BCUT2D eigenvalue weighted by molar-refractivity contribution is 7.71.